The Hall–Kier alpha value is -2.23. The van der Waals surface area contributed by atoms with Gasteiger partial charge in [0.1, 0.15) is 0 Å². The molecule has 2 rings (SSSR count). The normalized spacial score (nSPS) is 10.2. The van der Waals surface area contributed by atoms with Crippen LogP contribution in [0.3, 0.4) is 0 Å². The molecule has 0 atom stereocenters. The van der Waals surface area contributed by atoms with Crippen LogP contribution < -0.4 is 5.32 Å². The van der Waals surface area contributed by atoms with Crippen molar-refractivity contribution < 1.29 is 4.79 Å². The first-order chi connectivity index (χ1) is 9.13. The maximum absolute atomic E-state index is 11.8. The van der Waals surface area contributed by atoms with Gasteiger partial charge in [-0.1, -0.05) is 29.8 Å². The van der Waals surface area contributed by atoms with Crippen LogP contribution in [0.15, 0.2) is 36.5 Å². The summed E-state index contributed by atoms with van der Waals surface area (Å²) in [5.41, 5.74) is 3.22. The van der Waals surface area contributed by atoms with Gasteiger partial charge < -0.3 is 0 Å². The van der Waals surface area contributed by atoms with Gasteiger partial charge in [0.15, 0.2) is 0 Å². The molecule has 2 aromatic rings. The Morgan fingerprint density at radius 1 is 1.16 bits per heavy atom. The molecule has 0 bridgehead atoms. The summed E-state index contributed by atoms with van der Waals surface area (Å²) in [7, 11) is 0. The summed E-state index contributed by atoms with van der Waals surface area (Å²) < 4.78 is 0. The number of carbonyl (C=O) groups excluding carboxylic acids is 1. The lowest BCUT2D eigenvalue weighted by Gasteiger charge is -2.04. The van der Waals surface area contributed by atoms with Crippen LogP contribution in [0.5, 0.6) is 0 Å². The van der Waals surface area contributed by atoms with Crippen molar-refractivity contribution in [1.29, 1.82) is 0 Å². The number of nitrogens with one attached hydrogen (secondary N) is 1. The number of carbonyl (C=O) groups is 1. The number of anilines is 1. The van der Waals surface area contributed by atoms with Crippen molar-refractivity contribution in [2.45, 2.75) is 26.7 Å². The third-order valence-corrected chi connectivity index (χ3v) is 2.81. The minimum absolute atomic E-state index is 0.0637. The molecule has 1 heterocycles. The molecule has 98 valence electrons. The molecule has 1 aromatic heterocycles. The van der Waals surface area contributed by atoms with E-state index >= 15 is 0 Å². The van der Waals surface area contributed by atoms with Gasteiger partial charge in [0.05, 0.1) is 0 Å². The molecule has 0 aliphatic carbocycles. The van der Waals surface area contributed by atoms with Crippen LogP contribution in [0.1, 0.15) is 23.2 Å². The van der Waals surface area contributed by atoms with Gasteiger partial charge in [-0.2, -0.15) is 0 Å². The van der Waals surface area contributed by atoms with Gasteiger partial charge in [0.2, 0.25) is 11.9 Å². The number of rotatable bonds is 4. The van der Waals surface area contributed by atoms with Crippen molar-refractivity contribution in [3.05, 3.63) is 53.3 Å². The maximum atomic E-state index is 11.8. The van der Waals surface area contributed by atoms with Gasteiger partial charge >= 0.3 is 0 Å². The van der Waals surface area contributed by atoms with E-state index in [0.29, 0.717) is 12.4 Å². The molecule has 0 aliphatic heterocycles. The van der Waals surface area contributed by atoms with E-state index in [1.54, 1.807) is 12.3 Å². The summed E-state index contributed by atoms with van der Waals surface area (Å²) in [5, 5.41) is 2.70. The summed E-state index contributed by atoms with van der Waals surface area (Å²) in [6, 6.07) is 9.99. The minimum Gasteiger partial charge on any atom is -0.295 e. The molecule has 0 saturated heterocycles. The molecule has 1 N–H and O–H groups in total. The van der Waals surface area contributed by atoms with E-state index < -0.39 is 0 Å². The minimum atomic E-state index is -0.0637. The lowest BCUT2D eigenvalue weighted by atomic mass is 10.1. The molecule has 4 heteroatoms. The number of benzene rings is 1. The van der Waals surface area contributed by atoms with E-state index in [0.717, 1.165) is 17.7 Å². The second kappa shape index (κ2) is 6.09. The molecule has 1 amide bonds. The van der Waals surface area contributed by atoms with Crippen LogP contribution in [0, 0.1) is 13.8 Å². The standard InChI is InChI=1S/C15H17N3O/c1-11-3-5-13(6-4-11)7-8-14(19)18-15-16-10-9-12(2)17-15/h3-6,9-10H,7-8H2,1-2H3,(H,16,17,18,19). The summed E-state index contributed by atoms with van der Waals surface area (Å²) in [6.45, 7) is 3.91. The molecule has 19 heavy (non-hydrogen) atoms. The van der Waals surface area contributed by atoms with Gasteiger partial charge in [-0.25, -0.2) is 9.97 Å². The fraction of sp³-hybridized carbons (Fsp3) is 0.267. The highest BCUT2D eigenvalue weighted by Crippen LogP contribution is 2.07. The molecule has 0 unspecified atom stereocenters. The first-order valence-electron chi connectivity index (χ1n) is 6.28. The fourth-order valence-corrected chi connectivity index (χ4v) is 1.71. The lowest BCUT2D eigenvalue weighted by Crippen LogP contribution is -2.14. The molecule has 0 saturated carbocycles. The molecule has 0 fully saturated rings. The Labute approximate surface area is 112 Å². The van der Waals surface area contributed by atoms with E-state index in [2.05, 4.69) is 27.4 Å². The number of hydrogen-bond acceptors (Lipinski definition) is 3. The lowest BCUT2D eigenvalue weighted by molar-refractivity contribution is -0.116. The van der Waals surface area contributed by atoms with E-state index in [9.17, 15) is 4.79 Å². The Morgan fingerprint density at radius 2 is 1.89 bits per heavy atom. The molecule has 0 radical (unpaired) electrons. The van der Waals surface area contributed by atoms with Crippen LogP contribution in [-0.2, 0) is 11.2 Å². The highest BCUT2D eigenvalue weighted by molar-refractivity contribution is 5.89. The van der Waals surface area contributed by atoms with Gasteiger partial charge in [0.25, 0.3) is 0 Å². The smallest absolute Gasteiger partial charge is 0.229 e. The maximum Gasteiger partial charge on any atom is 0.229 e. The third kappa shape index (κ3) is 4.17. The Morgan fingerprint density at radius 3 is 2.58 bits per heavy atom. The molecule has 0 aliphatic rings. The predicted molar refractivity (Wildman–Crippen MR) is 74.9 cm³/mol. The first kappa shape index (κ1) is 13.2. The topological polar surface area (TPSA) is 54.9 Å². The fourth-order valence-electron chi connectivity index (χ4n) is 1.71. The Balaban J connectivity index is 1.86. The average Bonchev–Trinajstić information content (AvgIpc) is 2.38. The summed E-state index contributed by atoms with van der Waals surface area (Å²) in [6.07, 6.45) is 2.79. The van der Waals surface area contributed by atoms with E-state index in [1.807, 2.05) is 26.0 Å². The van der Waals surface area contributed by atoms with Crippen molar-refractivity contribution >= 4 is 11.9 Å². The predicted octanol–water partition coefficient (Wildman–Crippen LogP) is 2.66. The molecular formula is C15H17N3O. The SMILES string of the molecule is Cc1ccc(CCC(=O)Nc2nccc(C)n2)cc1. The summed E-state index contributed by atoms with van der Waals surface area (Å²) in [4.78, 5) is 19.9. The summed E-state index contributed by atoms with van der Waals surface area (Å²) >= 11 is 0. The Kier molecular flexibility index (Phi) is 4.23. The number of aryl methyl sites for hydroxylation is 3. The van der Waals surface area contributed by atoms with Gasteiger partial charge in [0, 0.05) is 18.3 Å². The summed E-state index contributed by atoms with van der Waals surface area (Å²) in [5.74, 6) is 0.306. The highest BCUT2D eigenvalue weighted by Gasteiger charge is 2.05. The van der Waals surface area contributed by atoms with Crippen molar-refractivity contribution in [1.82, 2.24) is 9.97 Å². The van der Waals surface area contributed by atoms with E-state index in [4.69, 9.17) is 0 Å². The second-order valence-corrected chi connectivity index (χ2v) is 4.56. The van der Waals surface area contributed by atoms with Crippen LogP contribution in [0.25, 0.3) is 0 Å². The number of hydrogen-bond donors (Lipinski definition) is 1. The second-order valence-electron chi connectivity index (χ2n) is 4.56. The third-order valence-electron chi connectivity index (χ3n) is 2.81. The van der Waals surface area contributed by atoms with Crippen molar-refractivity contribution in [2.75, 3.05) is 5.32 Å². The van der Waals surface area contributed by atoms with Crippen molar-refractivity contribution in [3.63, 3.8) is 0 Å². The molecular weight excluding hydrogens is 238 g/mol. The van der Waals surface area contributed by atoms with Crippen molar-refractivity contribution in [3.8, 4) is 0 Å². The number of aromatic nitrogens is 2. The quantitative estimate of drug-likeness (QED) is 0.913. The van der Waals surface area contributed by atoms with Crippen LogP contribution in [0.2, 0.25) is 0 Å². The van der Waals surface area contributed by atoms with E-state index in [1.165, 1.54) is 5.56 Å². The Bertz CT molecular complexity index is 564. The van der Waals surface area contributed by atoms with Gasteiger partial charge in [-0.3, -0.25) is 10.1 Å². The first-order valence-corrected chi connectivity index (χ1v) is 6.28. The zero-order valence-corrected chi connectivity index (χ0v) is 11.2. The van der Waals surface area contributed by atoms with E-state index in [-0.39, 0.29) is 5.91 Å². The highest BCUT2D eigenvalue weighted by atomic mass is 16.1. The van der Waals surface area contributed by atoms with Gasteiger partial charge in [-0.15, -0.1) is 0 Å². The number of nitrogens with zero attached hydrogens (tertiary/aromatic N) is 2. The number of amides is 1. The van der Waals surface area contributed by atoms with Crippen LogP contribution in [-0.4, -0.2) is 15.9 Å². The molecule has 0 spiro atoms. The zero-order valence-electron chi connectivity index (χ0n) is 11.2. The van der Waals surface area contributed by atoms with Gasteiger partial charge in [-0.05, 0) is 31.9 Å². The zero-order chi connectivity index (χ0) is 13.7. The molecule has 1 aromatic carbocycles. The molecule has 4 nitrogen and oxygen atoms in total. The largest absolute Gasteiger partial charge is 0.295 e. The van der Waals surface area contributed by atoms with Crippen molar-refractivity contribution in [2.24, 2.45) is 0 Å². The monoisotopic (exact) mass is 255 g/mol. The van der Waals surface area contributed by atoms with Crippen LogP contribution >= 0.6 is 0 Å². The van der Waals surface area contributed by atoms with Crippen LogP contribution in [0.4, 0.5) is 5.95 Å². The average molecular weight is 255 g/mol.